The second kappa shape index (κ2) is 6.95. The highest BCUT2D eigenvalue weighted by atomic mass is 16.5. The van der Waals surface area contributed by atoms with E-state index < -0.39 is 0 Å². The van der Waals surface area contributed by atoms with Crippen molar-refractivity contribution in [3.63, 3.8) is 0 Å². The Labute approximate surface area is 140 Å². The largest absolute Gasteiger partial charge is 0.464 e. The van der Waals surface area contributed by atoms with Gasteiger partial charge in [0.25, 0.3) is 0 Å². The summed E-state index contributed by atoms with van der Waals surface area (Å²) in [7, 11) is 0. The van der Waals surface area contributed by atoms with Gasteiger partial charge in [0.2, 0.25) is 0 Å². The molecule has 0 radical (unpaired) electrons. The van der Waals surface area contributed by atoms with E-state index in [2.05, 4.69) is 39.6 Å². The minimum absolute atomic E-state index is 0.150. The number of morpholine rings is 1. The van der Waals surface area contributed by atoms with E-state index >= 15 is 0 Å². The standard InChI is InChI=1S/C19H19N3O2/c1-2-17(23-8-1)16-11-21-19(22-12-16)10-14-3-5-15(6-4-14)18-13-20-7-9-24-18/h1-6,8,11-12,18,20H,7,9-10,13H2/t18-/m0/s1. The Balaban J connectivity index is 1.43. The van der Waals surface area contributed by atoms with Crippen LogP contribution in [-0.2, 0) is 11.2 Å². The van der Waals surface area contributed by atoms with Gasteiger partial charge in [-0.05, 0) is 23.3 Å². The maximum absolute atomic E-state index is 5.77. The lowest BCUT2D eigenvalue weighted by Gasteiger charge is -2.24. The molecule has 4 rings (SSSR count). The highest BCUT2D eigenvalue weighted by Crippen LogP contribution is 2.20. The molecule has 1 atom stereocenters. The SMILES string of the molecule is c1coc(-c2cnc(Cc3ccc([C@@H]4CNCCO4)cc3)nc2)c1. The van der Waals surface area contributed by atoms with Crippen LogP contribution in [0.4, 0.5) is 0 Å². The summed E-state index contributed by atoms with van der Waals surface area (Å²) >= 11 is 0. The number of aromatic nitrogens is 2. The summed E-state index contributed by atoms with van der Waals surface area (Å²) in [5.74, 6) is 1.58. The summed E-state index contributed by atoms with van der Waals surface area (Å²) in [5, 5.41) is 3.35. The summed E-state index contributed by atoms with van der Waals surface area (Å²) in [6.07, 6.45) is 6.11. The fourth-order valence-corrected chi connectivity index (χ4v) is 2.83. The van der Waals surface area contributed by atoms with Crippen LogP contribution >= 0.6 is 0 Å². The van der Waals surface area contributed by atoms with Crippen LogP contribution in [0.25, 0.3) is 11.3 Å². The summed E-state index contributed by atoms with van der Waals surface area (Å²) < 4.78 is 11.1. The number of hydrogen-bond acceptors (Lipinski definition) is 5. The number of hydrogen-bond donors (Lipinski definition) is 1. The molecule has 0 bridgehead atoms. The molecular formula is C19H19N3O2. The van der Waals surface area contributed by atoms with E-state index in [0.717, 1.165) is 36.8 Å². The molecule has 1 aliphatic heterocycles. The van der Waals surface area contributed by atoms with E-state index in [4.69, 9.17) is 9.15 Å². The lowest BCUT2D eigenvalue weighted by atomic mass is 10.0. The van der Waals surface area contributed by atoms with Crippen molar-refractivity contribution in [1.82, 2.24) is 15.3 Å². The van der Waals surface area contributed by atoms with Crippen molar-refractivity contribution in [2.75, 3.05) is 19.7 Å². The van der Waals surface area contributed by atoms with Crippen molar-refractivity contribution in [2.24, 2.45) is 0 Å². The molecule has 1 N–H and O–H groups in total. The predicted octanol–water partition coefficient (Wildman–Crippen LogP) is 2.99. The number of ether oxygens (including phenoxy) is 1. The number of nitrogens with one attached hydrogen (secondary N) is 1. The molecular weight excluding hydrogens is 302 g/mol. The molecule has 0 saturated carbocycles. The molecule has 0 amide bonds. The van der Waals surface area contributed by atoms with Gasteiger partial charge in [0.15, 0.2) is 0 Å². The molecule has 24 heavy (non-hydrogen) atoms. The van der Waals surface area contributed by atoms with Gasteiger partial charge >= 0.3 is 0 Å². The van der Waals surface area contributed by atoms with Crippen LogP contribution in [0.2, 0.25) is 0 Å². The van der Waals surface area contributed by atoms with E-state index in [1.807, 2.05) is 12.1 Å². The van der Waals surface area contributed by atoms with Gasteiger partial charge in [0, 0.05) is 31.9 Å². The van der Waals surface area contributed by atoms with Crippen LogP contribution in [0.1, 0.15) is 23.1 Å². The maximum Gasteiger partial charge on any atom is 0.136 e. The fraction of sp³-hybridized carbons (Fsp3) is 0.263. The zero-order valence-corrected chi connectivity index (χ0v) is 13.3. The zero-order valence-electron chi connectivity index (χ0n) is 13.3. The minimum Gasteiger partial charge on any atom is -0.464 e. The molecule has 2 aromatic heterocycles. The first-order valence-electron chi connectivity index (χ1n) is 8.14. The van der Waals surface area contributed by atoms with Gasteiger partial charge in [-0.3, -0.25) is 0 Å². The normalized spacial score (nSPS) is 17.8. The Morgan fingerprint density at radius 3 is 2.58 bits per heavy atom. The smallest absolute Gasteiger partial charge is 0.136 e. The molecule has 0 aliphatic carbocycles. The molecule has 1 fully saturated rings. The van der Waals surface area contributed by atoms with Gasteiger partial charge in [-0.2, -0.15) is 0 Å². The third-order valence-corrected chi connectivity index (χ3v) is 4.15. The molecule has 0 spiro atoms. The number of nitrogens with zero attached hydrogens (tertiary/aromatic N) is 2. The van der Waals surface area contributed by atoms with E-state index in [1.54, 1.807) is 18.7 Å². The first-order valence-corrected chi connectivity index (χ1v) is 8.14. The topological polar surface area (TPSA) is 60.2 Å². The first-order chi connectivity index (χ1) is 11.9. The highest BCUT2D eigenvalue weighted by molar-refractivity contribution is 5.54. The van der Waals surface area contributed by atoms with Crippen LogP contribution in [0.5, 0.6) is 0 Å². The van der Waals surface area contributed by atoms with E-state index in [-0.39, 0.29) is 6.10 Å². The van der Waals surface area contributed by atoms with Crippen LogP contribution in [0.15, 0.2) is 59.5 Å². The second-order valence-electron chi connectivity index (χ2n) is 5.85. The van der Waals surface area contributed by atoms with Crippen LogP contribution in [0.3, 0.4) is 0 Å². The van der Waals surface area contributed by atoms with Crippen molar-refractivity contribution in [3.8, 4) is 11.3 Å². The molecule has 1 aromatic carbocycles. The van der Waals surface area contributed by atoms with Crippen molar-refractivity contribution in [2.45, 2.75) is 12.5 Å². The Morgan fingerprint density at radius 1 is 1.08 bits per heavy atom. The lowest BCUT2D eigenvalue weighted by Crippen LogP contribution is -2.33. The van der Waals surface area contributed by atoms with E-state index in [1.165, 1.54) is 11.1 Å². The highest BCUT2D eigenvalue weighted by Gasteiger charge is 2.15. The molecule has 5 nitrogen and oxygen atoms in total. The van der Waals surface area contributed by atoms with Crippen LogP contribution < -0.4 is 5.32 Å². The van der Waals surface area contributed by atoms with E-state index in [0.29, 0.717) is 6.42 Å². The molecule has 122 valence electrons. The molecule has 5 heteroatoms. The minimum atomic E-state index is 0.150. The Morgan fingerprint density at radius 2 is 1.92 bits per heavy atom. The summed E-state index contributed by atoms with van der Waals surface area (Å²) in [4.78, 5) is 8.87. The summed E-state index contributed by atoms with van der Waals surface area (Å²) in [6, 6.07) is 12.3. The van der Waals surface area contributed by atoms with Crippen LogP contribution in [0, 0.1) is 0 Å². The van der Waals surface area contributed by atoms with E-state index in [9.17, 15) is 0 Å². The van der Waals surface area contributed by atoms with Gasteiger partial charge in [-0.1, -0.05) is 24.3 Å². The Kier molecular flexibility index (Phi) is 4.36. The monoisotopic (exact) mass is 321 g/mol. The maximum atomic E-state index is 5.77. The van der Waals surface area contributed by atoms with Gasteiger partial charge in [-0.15, -0.1) is 0 Å². The van der Waals surface area contributed by atoms with Crippen molar-refractivity contribution in [3.05, 3.63) is 72.0 Å². The molecule has 1 aliphatic rings. The van der Waals surface area contributed by atoms with Crippen molar-refractivity contribution in [1.29, 1.82) is 0 Å². The second-order valence-corrected chi connectivity index (χ2v) is 5.85. The van der Waals surface area contributed by atoms with Gasteiger partial charge in [0.1, 0.15) is 11.6 Å². The molecule has 3 heterocycles. The van der Waals surface area contributed by atoms with Crippen molar-refractivity contribution < 1.29 is 9.15 Å². The molecule has 0 unspecified atom stereocenters. The Hall–Kier alpha value is -2.50. The fourth-order valence-electron chi connectivity index (χ4n) is 2.83. The van der Waals surface area contributed by atoms with Gasteiger partial charge in [-0.25, -0.2) is 9.97 Å². The zero-order chi connectivity index (χ0) is 16.2. The first kappa shape index (κ1) is 15.1. The Bertz CT molecular complexity index is 761. The molecule has 1 saturated heterocycles. The third kappa shape index (κ3) is 3.37. The quantitative estimate of drug-likeness (QED) is 0.800. The summed E-state index contributed by atoms with van der Waals surface area (Å²) in [5.41, 5.74) is 3.29. The summed E-state index contributed by atoms with van der Waals surface area (Å²) in [6.45, 7) is 2.57. The van der Waals surface area contributed by atoms with Gasteiger partial charge in [0.05, 0.1) is 24.5 Å². The average Bonchev–Trinajstić information content (AvgIpc) is 3.18. The number of benzene rings is 1. The number of rotatable bonds is 4. The molecule has 3 aromatic rings. The van der Waals surface area contributed by atoms with Gasteiger partial charge < -0.3 is 14.5 Å². The lowest BCUT2D eigenvalue weighted by molar-refractivity contribution is 0.0277. The van der Waals surface area contributed by atoms with Crippen molar-refractivity contribution >= 4 is 0 Å². The predicted molar refractivity (Wildman–Crippen MR) is 90.5 cm³/mol. The average molecular weight is 321 g/mol. The number of furan rings is 1. The van der Waals surface area contributed by atoms with Crippen LogP contribution in [-0.4, -0.2) is 29.7 Å². The third-order valence-electron chi connectivity index (χ3n) is 4.15.